The summed E-state index contributed by atoms with van der Waals surface area (Å²) in [5.74, 6) is 0.0205. The Morgan fingerprint density at radius 1 is 1.29 bits per heavy atom. The average molecular weight is 293 g/mol. The molecule has 7 heteroatoms. The van der Waals surface area contributed by atoms with Crippen LogP contribution >= 0.6 is 23.2 Å². The van der Waals surface area contributed by atoms with Gasteiger partial charge in [0.1, 0.15) is 0 Å². The number of nitrogens with one attached hydrogen (secondary N) is 1. The molecule has 1 aromatic carbocycles. The highest BCUT2D eigenvalue weighted by atomic mass is 35.5. The quantitative estimate of drug-likeness (QED) is 0.821. The van der Waals surface area contributed by atoms with Gasteiger partial charge in [0.15, 0.2) is 9.84 Å². The molecule has 1 unspecified atom stereocenters. The first kappa shape index (κ1) is 12.5. The van der Waals surface area contributed by atoms with Crippen LogP contribution in [0.15, 0.2) is 23.6 Å². The molecule has 1 aliphatic rings. The van der Waals surface area contributed by atoms with Gasteiger partial charge in [-0.2, -0.15) is 0 Å². The van der Waals surface area contributed by atoms with Crippen LogP contribution in [0.4, 0.5) is 11.4 Å². The molecule has 0 spiro atoms. The van der Waals surface area contributed by atoms with Crippen LogP contribution in [0, 0.1) is 0 Å². The molecule has 0 fully saturated rings. The first-order valence-electron chi connectivity index (χ1n) is 4.79. The number of nitrogen functional groups attached to an aromatic ring is 1. The second-order valence-electron chi connectivity index (χ2n) is 3.76. The molecule has 0 amide bonds. The molecule has 0 saturated heterocycles. The maximum atomic E-state index is 11.2. The first-order chi connectivity index (χ1) is 7.87. The van der Waals surface area contributed by atoms with E-state index in [-0.39, 0.29) is 11.8 Å². The Bertz CT molecular complexity index is 584. The fraction of sp³-hybridized carbons (Fsp3) is 0.200. The summed E-state index contributed by atoms with van der Waals surface area (Å²) in [5.41, 5.74) is 6.76. The van der Waals surface area contributed by atoms with Crippen molar-refractivity contribution in [1.82, 2.24) is 0 Å². The molecule has 0 saturated carbocycles. The molecule has 2 rings (SSSR count). The maximum Gasteiger partial charge on any atom is 0.173 e. The molecule has 3 N–H and O–H groups in total. The molecule has 17 heavy (non-hydrogen) atoms. The minimum Gasteiger partial charge on any atom is -0.397 e. The lowest BCUT2D eigenvalue weighted by Gasteiger charge is -2.14. The number of nitrogens with two attached hydrogens (primary N) is 1. The van der Waals surface area contributed by atoms with Crippen molar-refractivity contribution in [1.29, 1.82) is 0 Å². The number of benzene rings is 1. The van der Waals surface area contributed by atoms with Crippen molar-refractivity contribution >= 4 is 44.4 Å². The Kier molecular flexibility index (Phi) is 3.25. The van der Waals surface area contributed by atoms with E-state index in [2.05, 4.69) is 5.32 Å². The molecule has 4 nitrogen and oxygen atoms in total. The third kappa shape index (κ3) is 2.86. The molecule has 0 aromatic heterocycles. The zero-order valence-electron chi connectivity index (χ0n) is 8.65. The standard InChI is InChI=1S/C10H10Cl2N2O2S/c11-7-3-9(13)10(4-8(7)12)14-6-1-2-17(15,16)5-6/h1-4,6,14H,5,13H2. The van der Waals surface area contributed by atoms with E-state index < -0.39 is 9.84 Å². The van der Waals surface area contributed by atoms with Gasteiger partial charge in [0, 0.05) is 5.41 Å². The summed E-state index contributed by atoms with van der Waals surface area (Å²) in [6.07, 6.45) is 1.58. The van der Waals surface area contributed by atoms with Crippen molar-refractivity contribution < 1.29 is 8.42 Å². The summed E-state index contributed by atoms with van der Waals surface area (Å²) in [6, 6.07) is 2.82. The van der Waals surface area contributed by atoms with Crippen molar-refractivity contribution in [3.63, 3.8) is 0 Å². The number of hydrogen-bond acceptors (Lipinski definition) is 4. The molecule has 0 aliphatic carbocycles. The Labute approximate surface area is 109 Å². The van der Waals surface area contributed by atoms with Gasteiger partial charge in [0.2, 0.25) is 0 Å². The lowest BCUT2D eigenvalue weighted by molar-refractivity contribution is 0.605. The smallest absolute Gasteiger partial charge is 0.173 e. The molecule has 92 valence electrons. The Balaban J connectivity index is 2.21. The number of hydrogen-bond donors (Lipinski definition) is 2. The predicted octanol–water partition coefficient (Wildman–Crippen LogP) is 2.30. The number of sulfone groups is 1. The highest BCUT2D eigenvalue weighted by molar-refractivity contribution is 7.94. The van der Waals surface area contributed by atoms with Crippen LogP contribution in [0.25, 0.3) is 0 Å². The van der Waals surface area contributed by atoms with Gasteiger partial charge in [-0.1, -0.05) is 29.3 Å². The fourth-order valence-electron chi connectivity index (χ4n) is 1.55. The molecule has 1 aromatic rings. The van der Waals surface area contributed by atoms with E-state index in [4.69, 9.17) is 28.9 Å². The molecule has 1 atom stereocenters. The van der Waals surface area contributed by atoms with E-state index in [0.29, 0.717) is 21.4 Å². The van der Waals surface area contributed by atoms with Crippen LogP contribution in [0.1, 0.15) is 0 Å². The van der Waals surface area contributed by atoms with Crippen LogP contribution in [0.3, 0.4) is 0 Å². The summed E-state index contributed by atoms with van der Waals surface area (Å²) in [5, 5.41) is 4.93. The van der Waals surface area contributed by atoms with Gasteiger partial charge in [-0.05, 0) is 12.1 Å². The van der Waals surface area contributed by atoms with E-state index in [0.717, 1.165) is 0 Å². The van der Waals surface area contributed by atoms with Gasteiger partial charge >= 0.3 is 0 Å². The SMILES string of the molecule is Nc1cc(Cl)c(Cl)cc1NC1C=CS(=O)(=O)C1. The number of halogens is 2. The lowest BCUT2D eigenvalue weighted by Crippen LogP contribution is -2.21. The third-order valence-corrected chi connectivity index (χ3v) is 4.48. The van der Waals surface area contributed by atoms with Crippen molar-refractivity contribution in [2.45, 2.75) is 6.04 Å². The zero-order valence-corrected chi connectivity index (χ0v) is 11.0. The van der Waals surface area contributed by atoms with Crippen LogP contribution < -0.4 is 11.1 Å². The van der Waals surface area contributed by atoms with Crippen molar-refractivity contribution in [2.24, 2.45) is 0 Å². The van der Waals surface area contributed by atoms with Gasteiger partial charge in [-0.15, -0.1) is 0 Å². The van der Waals surface area contributed by atoms with Gasteiger partial charge in [-0.25, -0.2) is 8.42 Å². The largest absolute Gasteiger partial charge is 0.397 e. The Morgan fingerprint density at radius 2 is 1.94 bits per heavy atom. The van der Waals surface area contributed by atoms with Crippen molar-refractivity contribution in [2.75, 3.05) is 16.8 Å². The lowest BCUT2D eigenvalue weighted by atomic mass is 10.2. The van der Waals surface area contributed by atoms with Crippen LogP contribution in [0.2, 0.25) is 10.0 Å². The molecule has 1 aliphatic heterocycles. The highest BCUT2D eigenvalue weighted by Gasteiger charge is 2.22. The summed E-state index contributed by atoms with van der Waals surface area (Å²) in [6.45, 7) is 0. The monoisotopic (exact) mass is 292 g/mol. The molecule has 0 radical (unpaired) electrons. The fourth-order valence-corrected chi connectivity index (χ4v) is 3.12. The summed E-state index contributed by atoms with van der Waals surface area (Å²) < 4.78 is 22.5. The van der Waals surface area contributed by atoms with Crippen LogP contribution in [-0.4, -0.2) is 20.2 Å². The summed E-state index contributed by atoms with van der Waals surface area (Å²) in [7, 11) is -3.09. The zero-order chi connectivity index (χ0) is 12.6. The molecule has 0 bridgehead atoms. The minimum absolute atomic E-state index is 0.0205. The number of rotatable bonds is 2. The van der Waals surface area contributed by atoms with Gasteiger partial charge < -0.3 is 11.1 Å². The van der Waals surface area contributed by atoms with Gasteiger partial charge in [0.05, 0.1) is 33.2 Å². The van der Waals surface area contributed by atoms with Gasteiger partial charge in [-0.3, -0.25) is 0 Å². The van der Waals surface area contributed by atoms with Crippen molar-refractivity contribution in [3.8, 4) is 0 Å². The third-order valence-electron chi connectivity index (χ3n) is 2.36. The van der Waals surface area contributed by atoms with Gasteiger partial charge in [0.25, 0.3) is 0 Å². The van der Waals surface area contributed by atoms with E-state index in [1.165, 1.54) is 11.5 Å². The maximum absolute atomic E-state index is 11.2. The molecule has 1 heterocycles. The van der Waals surface area contributed by atoms with E-state index in [1.807, 2.05) is 0 Å². The Morgan fingerprint density at radius 3 is 2.53 bits per heavy atom. The van der Waals surface area contributed by atoms with E-state index in [1.54, 1.807) is 12.1 Å². The Hall–Kier alpha value is -0.910. The molecular weight excluding hydrogens is 283 g/mol. The first-order valence-corrected chi connectivity index (χ1v) is 7.26. The normalized spacial score (nSPS) is 21.6. The van der Waals surface area contributed by atoms with E-state index in [9.17, 15) is 8.42 Å². The predicted molar refractivity (Wildman–Crippen MR) is 71.2 cm³/mol. The second-order valence-corrected chi connectivity index (χ2v) is 6.51. The van der Waals surface area contributed by atoms with E-state index >= 15 is 0 Å². The number of anilines is 2. The van der Waals surface area contributed by atoms with Crippen LogP contribution in [0.5, 0.6) is 0 Å². The summed E-state index contributed by atoms with van der Waals surface area (Å²) >= 11 is 11.7. The summed E-state index contributed by atoms with van der Waals surface area (Å²) in [4.78, 5) is 0. The van der Waals surface area contributed by atoms with Crippen molar-refractivity contribution in [3.05, 3.63) is 33.7 Å². The van der Waals surface area contributed by atoms with Crippen LogP contribution in [-0.2, 0) is 9.84 Å². The second kappa shape index (κ2) is 4.40. The minimum atomic E-state index is -3.09. The average Bonchev–Trinajstić information content (AvgIpc) is 2.54. The molecular formula is C10H10Cl2N2O2S. The highest BCUT2D eigenvalue weighted by Crippen LogP contribution is 2.31. The topological polar surface area (TPSA) is 72.2 Å².